The van der Waals surface area contributed by atoms with Crippen LogP contribution in [0.4, 0.5) is 0 Å². The molecule has 0 aliphatic heterocycles. The Kier molecular flexibility index (Phi) is 5.57. The molecule has 1 unspecified atom stereocenters. The molecule has 5 heteroatoms. The second-order valence-corrected chi connectivity index (χ2v) is 6.32. The molecule has 0 aliphatic rings. The minimum Gasteiger partial charge on any atom is -0.496 e. The number of amides is 1. The maximum atomic E-state index is 12.4. The average Bonchev–Trinajstić information content (AvgIpc) is 2.59. The van der Waals surface area contributed by atoms with Crippen molar-refractivity contribution in [3.63, 3.8) is 0 Å². The molecule has 0 saturated carbocycles. The second kappa shape index (κ2) is 7.45. The van der Waals surface area contributed by atoms with E-state index < -0.39 is 5.60 Å². The van der Waals surface area contributed by atoms with E-state index in [2.05, 4.69) is 10.3 Å². The monoisotopic (exact) mass is 328 g/mol. The predicted octanol–water partition coefficient (Wildman–Crippen LogP) is 2.89. The molecular formula is C19H24N2O3. The van der Waals surface area contributed by atoms with Gasteiger partial charge in [-0.1, -0.05) is 19.9 Å². The molecule has 0 bridgehead atoms. The third-order valence-electron chi connectivity index (χ3n) is 4.25. The second-order valence-electron chi connectivity index (χ2n) is 6.32. The lowest BCUT2D eigenvalue weighted by molar-refractivity contribution is 0.0142. The average molecular weight is 328 g/mol. The van der Waals surface area contributed by atoms with E-state index in [1.165, 1.54) is 0 Å². The number of nitrogens with zero attached hydrogens (tertiary/aromatic N) is 1. The van der Waals surface area contributed by atoms with Crippen LogP contribution in [0.3, 0.4) is 0 Å². The summed E-state index contributed by atoms with van der Waals surface area (Å²) in [6, 6.07) is 10.8. The van der Waals surface area contributed by atoms with Crippen LogP contribution in [-0.4, -0.2) is 35.3 Å². The first kappa shape index (κ1) is 17.9. The Bertz CT molecular complexity index is 697. The number of benzene rings is 1. The van der Waals surface area contributed by atoms with Crippen LogP contribution >= 0.6 is 0 Å². The molecule has 2 N–H and O–H groups in total. The molecular weight excluding hydrogens is 304 g/mol. The first-order valence-electron chi connectivity index (χ1n) is 7.95. The predicted molar refractivity (Wildman–Crippen MR) is 94.0 cm³/mol. The Balaban J connectivity index is 2.24. The fourth-order valence-electron chi connectivity index (χ4n) is 2.14. The molecule has 0 spiro atoms. The molecule has 0 fully saturated rings. The summed E-state index contributed by atoms with van der Waals surface area (Å²) in [5, 5.41) is 13.0. The van der Waals surface area contributed by atoms with Crippen molar-refractivity contribution in [2.24, 2.45) is 5.92 Å². The largest absolute Gasteiger partial charge is 0.496 e. The standard InChI is InChI=1S/C19H24N2O3/c1-13(2)19(3,23)12-21-18(22)14-8-9-17(24-4)15(11-14)16-7-5-6-10-20-16/h5-11,13,23H,12H2,1-4H3,(H,21,22). The molecule has 2 rings (SSSR count). The van der Waals surface area contributed by atoms with E-state index >= 15 is 0 Å². The van der Waals surface area contributed by atoms with Gasteiger partial charge in [-0.2, -0.15) is 0 Å². The first-order valence-corrected chi connectivity index (χ1v) is 7.95. The molecule has 128 valence electrons. The van der Waals surface area contributed by atoms with Crippen LogP contribution in [0.5, 0.6) is 5.75 Å². The van der Waals surface area contributed by atoms with E-state index in [-0.39, 0.29) is 18.4 Å². The van der Waals surface area contributed by atoms with Gasteiger partial charge in [0.2, 0.25) is 0 Å². The molecule has 1 atom stereocenters. The zero-order valence-electron chi connectivity index (χ0n) is 14.5. The van der Waals surface area contributed by atoms with Crippen molar-refractivity contribution in [2.75, 3.05) is 13.7 Å². The Labute approximate surface area is 142 Å². The summed E-state index contributed by atoms with van der Waals surface area (Å²) in [6.45, 7) is 5.73. The molecule has 1 heterocycles. The Hall–Kier alpha value is -2.40. The fraction of sp³-hybridized carbons (Fsp3) is 0.368. The van der Waals surface area contributed by atoms with Gasteiger partial charge in [0.25, 0.3) is 5.91 Å². The molecule has 1 amide bonds. The Morgan fingerprint density at radius 2 is 2.08 bits per heavy atom. The van der Waals surface area contributed by atoms with Crippen molar-refractivity contribution in [1.82, 2.24) is 10.3 Å². The number of nitrogens with one attached hydrogen (secondary N) is 1. The van der Waals surface area contributed by atoms with Gasteiger partial charge in [-0.25, -0.2) is 0 Å². The van der Waals surface area contributed by atoms with Gasteiger partial charge < -0.3 is 15.2 Å². The highest BCUT2D eigenvalue weighted by molar-refractivity contribution is 5.96. The van der Waals surface area contributed by atoms with Crippen molar-refractivity contribution in [3.8, 4) is 17.0 Å². The summed E-state index contributed by atoms with van der Waals surface area (Å²) < 4.78 is 5.37. The maximum absolute atomic E-state index is 12.4. The lowest BCUT2D eigenvalue weighted by Crippen LogP contribution is -2.44. The quantitative estimate of drug-likeness (QED) is 0.855. The summed E-state index contributed by atoms with van der Waals surface area (Å²) in [5.41, 5.74) is 1.03. The maximum Gasteiger partial charge on any atom is 0.251 e. The van der Waals surface area contributed by atoms with Crippen molar-refractivity contribution in [3.05, 3.63) is 48.2 Å². The zero-order chi connectivity index (χ0) is 17.7. The summed E-state index contributed by atoms with van der Waals surface area (Å²) >= 11 is 0. The van der Waals surface area contributed by atoms with Crippen molar-refractivity contribution in [2.45, 2.75) is 26.4 Å². The number of carbonyl (C=O) groups excluding carboxylic acids is 1. The summed E-state index contributed by atoms with van der Waals surface area (Å²) in [5.74, 6) is 0.452. The zero-order valence-corrected chi connectivity index (χ0v) is 14.5. The van der Waals surface area contributed by atoms with Gasteiger partial charge in [0.15, 0.2) is 0 Å². The van der Waals surface area contributed by atoms with Crippen molar-refractivity contribution >= 4 is 5.91 Å². The molecule has 1 aromatic heterocycles. The molecule has 5 nitrogen and oxygen atoms in total. The van der Waals surface area contributed by atoms with Crippen molar-refractivity contribution in [1.29, 1.82) is 0 Å². The van der Waals surface area contributed by atoms with Gasteiger partial charge in [0, 0.05) is 23.9 Å². The molecule has 0 saturated heterocycles. The van der Waals surface area contributed by atoms with E-state index in [9.17, 15) is 9.90 Å². The highest BCUT2D eigenvalue weighted by Gasteiger charge is 2.25. The summed E-state index contributed by atoms with van der Waals surface area (Å²) in [4.78, 5) is 16.7. The van der Waals surface area contributed by atoms with Crippen LogP contribution in [-0.2, 0) is 0 Å². The number of hydrogen-bond acceptors (Lipinski definition) is 4. The summed E-state index contributed by atoms with van der Waals surface area (Å²) in [6.07, 6.45) is 1.70. The van der Waals surface area contributed by atoms with E-state index in [1.54, 1.807) is 38.4 Å². The topological polar surface area (TPSA) is 71.5 Å². The van der Waals surface area contributed by atoms with Crippen LogP contribution in [0.25, 0.3) is 11.3 Å². The van der Waals surface area contributed by atoms with Gasteiger partial charge in [-0.3, -0.25) is 9.78 Å². The van der Waals surface area contributed by atoms with Crippen LogP contribution in [0.1, 0.15) is 31.1 Å². The molecule has 1 aromatic carbocycles. The number of pyridine rings is 1. The number of hydrogen-bond donors (Lipinski definition) is 2. The number of rotatable bonds is 6. The molecule has 2 aromatic rings. The van der Waals surface area contributed by atoms with Crippen LogP contribution in [0.2, 0.25) is 0 Å². The molecule has 0 radical (unpaired) electrons. The first-order chi connectivity index (χ1) is 11.3. The van der Waals surface area contributed by atoms with Crippen LogP contribution in [0, 0.1) is 5.92 Å². The van der Waals surface area contributed by atoms with E-state index in [4.69, 9.17) is 4.74 Å². The van der Waals surface area contributed by atoms with Crippen LogP contribution in [0.15, 0.2) is 42.6 Å². The van der Waals surface area contributed by atoms with Gasteiger partial charge in [0.05, 0.1) is 18.4 Å². The smallest absolute Gasteiger partial charge is 0.251 e. The third kappa shape index (κ3) is 4.11. The normalized spacial score (nSPS) is 13.4. The van der Waals surface area contributed by atoms with Crippen LogP contribution < -0.4 is 10.1 Å². The van der Waals surface area contributed by atoms with Gasteiger partial charge in [-0.15, -0.1) is 0 Å². The van der Waals surface area contributed by atoms with E-state index in [1.807, 2.05) is 32.0 Å². The number of carbonyl (C=O) groups is 1. The SMILES string of the molecule is COc1ccc(C(=O)NCC(C)(O)C(C)C)cc1-c1ccccn1. The van der Waals surface area contributed by atoms with E-state index in [0.717, 1.165) is 11.3 Å². The van der Waals surface area contributed by atoms with Gasteiger partial charge >= 0.3 is 0 Å². The highest BCUT2D eigenvalue weighted by atomic mass is 16.5. The number of aromatic nitrogens is 1. The Morgan fingerprint density at radius 3 is 2.67 bits per heavy atom. The number of methoxy groups -OCH3 is 1. The van der Waals surface area contributed by atoms with Crippen molar-refractivity contribution < 1.29 is 14.6 Å². The summed E-state index contributed by atoms with van der Waals surface area (Å²) in [7, 11) is 1.58. The molecule has 0 aliphatic carbocycles. The Morgan fingerprint density at radius 1 is 1.33 bits per heavy atom. The lowest BCUT2D eigenvalue weighted by Gasteiger charge is -2.27. The number of aliphatic hydroxyl groups is 1. The van der Waals surface area contributed by atoms with E-state index in [0.29, 0.717) is 11.3 Å². The minimum absolute atomic E-state index is 0.0396. The van der Waals surface area contributed by atoms with Gasteiger partial charge in [0.1, 0.15) is 5.75 Å². The third-order valence-corrected chi connectivity index (χ3v) is 4.25. The molecule has 24 heavy (non-hydrogen) atoms. The highest BCUT2D eigenvalue weighted by Crippen LogP contribution is 2.29. The fourth-order valence-corrected chi connectivity index (χ4v) is 2.14. The van der Waals surface area contributed by atoms with Gasteiger partial charge in [-0.05, 0) is 43.2 Å². The number of ether oxygens (including phenoxy) is 1. The lowest BCUT2D eigenvalue weighted by atomic mass is 9.92. The minimum atomic E-state index is -0.952.